The van der Waals surface area contributed by atoms with Crippen molar-refractivity contribution in [3.63, 3.8) is 0 Å². The second-order valence-electron chi connectivity index (χ2n) is 12.2. The maximum Gasteiger partial charge on any atom is 0.0972 e. The molecule has 0 atom stereocenters. The van der Waals surface area contributed by atoms with E-state index in [2.05, 4.69) is 173 Å². The zero-order chi connectivity index (χ0) is 31.9. The fourth-order valence-corrected chi connectivity index (χ4v) is 6.95. The summed E-state index contributed by atoms with van der Waals surface area (Å²) in [5.74, 6) is 0. The Morgan fingerprint density at radius 3 is 1.65 bits per heavy atom. The average molecular weight is 617 g/mol. The molecule has 228 valence electrons. The summed E-state index contributed by atoms with van der Waals surface area (Å²) in [6, 6.07) is 55.8. The fourth-order valence-electron chi connectivity index (χ4n) is 6.95. The molecule has 0 aliphatic heterocycles. The summed E-state index contributed by atoms with van der Waals surface area (Å²) in [6.45, 7) is 0. The van der Waals surface area contributed by atoms with E-state index in [1.807, 2.05) is 6.07 Å². The number of nitrogens with zero attached hydrogens (tertiary/aromatic N) is 4. The van der Waals surface area contributed by atoms with Gasteiger partial charge in [0.15, 0.2) is 0 Å². The topological polar surface area (TPSA) is 34.0 Å². The van der Waals surface area contributed by atoms with Crippen molar-refractivity contribution in [2.24, 2.45) is 0 Å². The van der Waals surface area contributed by atoms with Gasteiger partial charge in [-0.15, -0.1) is 0 Å². The van der Waals surface area contributed by atoms with E-state index in [0.717, 1.165) is 68.8 Å². The number of fused-ring (bicyclic) bond motifs is 4. The molecule has 0 saturated heterocycles. The third kappa shape index (κ3) is 4.86. The van der Waals surface area contributed by atoms with Crippen molar-refractivity contribution in [3.8, 4) is 28.2 Å². The number of hydrogen-bond donors (Lipinski definition) is 0. The van der Waals surface area contributed by atoms with E-state index in [0.29, 0.717) is 0 Å². The summed E-state index contributed by atoms with van der Waals surface area (Å²) in [6.07, 6.45) is 6.40. The molecule has 2 heterocycles. The van der Waals surface area contributed by atoms with Crippen LogP contribution in [-0.2, 0) is 0 Å². The van der Waals surface area contributed by atoms with Gasteiger partial charge in [0.2, 0.25) is 0 Å². The molecule has 0 fully saturated rings. The normalized spacial score (nSPS) is 12.3. The minimum absolute atomic E-state index is 0.902. The van der Waals surface area contributed by atoms with Crippen LogP contribution in [0.25, 0.3) is 62.2 Å². The van der Waals surface area contributed by atoms with Gasteiger partial charge >= 0.3 is 0 Å². The predicted octanol–water partition coefficient (Wildman–Crippen LogP) is 9.73. The fraction of sp³-hybridized carbons (Fsp3) is 0.0455. The Morgan fingerprint density at radius 2 is 0.958 bits per heavy atom. The van der Waals surface area contributed by atoms with E-state index >= 15 is 0 Å². The van der Waals surface area contributed by atoms with Crippen molar-refractivity contribution in [2.75, 3.05) is 4.90 Å². The summed E-state index contributed by atoms with van der Waals surface area (Å²) in [7, 11) is 0. The van der Waals surface area contributed by atoms with E-state index in [1.54, 1.807) is 0 Å². The molecular weight excluding hydrogens is 585 g/mol. The van der Waals surface area contributed by atoms with Crippen LogP contribution in [0, 0.1) is 0 Å². The van der Waals surface area contributed by atoms with E-state index in [9.17, 15) is 0 Å². The van der Waals surface area contributed by atoms with Crippen LogP contribution in [0.1, 0.15) is 12.8 Å². The highest BCUT2D eigenvalue weighted by Crippen LogP contribution is 2.40. The molecule has 0 radical (unpaired) electrons. The largest absolute Gasteiger partial charge is 0.310 e. The van der Waals surface area contributed by atoms with E-state index in [1.165, 1.54) is 21.8 Å². The summed E-state index contributed by atoms with van der Waals surface area (Å²) in [4.78, 5) is 12.6. The van der Waals surface area contributed by atoms with E-state index < -0.39 is 0 Å². The lowest BCUT2D eigenvalue weighted by atomic mass is 10.0. The van der Waals surface area contributed by atoms with Gasteiger partial charge in [-0.3, -0.25) is 0 Å². The second kappa shape index (κ2) is 11.8. The Labute approximate surface area is 279 Å². The first-order chi connectivity index (χ1) is 23.8. The predicted molar refractivity (Wildman–Crippen MR) is 199 cm³/mol. The third-order valence-corrected chi connectivity index (χ3v) is 9.18. The molecule has 9 rings (SSSR count). The minimum Gasteiger partial charge on any atom is -0.310 e. The van der Waals surface area contributed by atoms with Crippen molar-refractivity contribution in [3.05, 3.63) is 168 Å². The van der Waals surface area contributed by atoms with Gasteiger partial charge in [-0.05, 0) is 73.5 Å². The number of para-hydroxylation sites is 3. The molecule has 0 N–H and O–H groups in total. The molecule has 0 unspecified atom stereocenters. The Kier molecular flexibility index (Phi) is 6.90. The molecule has 0 spiro atoms. The van der Waals surface area contributed by atoms with Crippen LogP contribution in [0.15, 0.2) is 158 Å². The highest BCUT2D eigenvalue weighted by Gasteiger charge is 2.18. The van der Waals surface area contributed by atoms with Crippen LogP contribution in [0.2, 0.25) is 0 Å². The van der Waals surface area contributed by atoms with Crippen LogP contribution < -0.4 is 15.6 Å². The van der Waals surface area contributed by atoms with Crippen LogP contribution in [0.3, 0.4) is 0 Å². The Balaban J connectivity index is 1.19. The monoisotopic (exact) mass is 616 g/mol. The van der Waals surface area contributed by atoms with Crippen molar-refractivity contribution >= 4 is 51.0 Å². The number of anilines is 3. The summed E-state index contributed by atoms with van der Waals surface area (Å²) in [5.41, 5.74) is 10.7. The molecule has 6 aromatic carbocycles. The molecular formula is C44H32N4. The highest BCUT2D eigenvalue weighted by molar-refractivity contribution is 6.10. The van der Waals surface area contributed by atoms with Gasteiger partial charge < -0.3 is 9.47 Å². The Bertz CT molecular complexity index is 2540. The quantitative estimate of drug-likeness (QED) is 0.187. The van der Waals surface area contributed by atoms with Crippen molar-refractivity contribution in [1.29, 1.82) is 0 Å². The van der Waals surface area contributed by atoms with Crippen LogP contribution in [0.5, 0.6) is 0 Å². The minimum atomic E-state index is 0.902. The molecule has 2 aromatic heterocycles. The summed E-state index contributed by atoms with van der Waals surface area (Å²) < 4.78 is 2.36. The first-order valence-electron chi connectivity index (χ1n) is 16.5. The van der Waals surface area contributed by atoms with Gasteiger partial charge in [-0.1, -0.05) is 109 Å². The average Bonchev–Trinajstić information content (AvgIpc) is 3.50. The molecule has 4 heteroatoms. The van der Waals surface area contributed by atoms with Crippen LogP contribution in [0.4, 0.5) is 17.1 Å². The van der Waals surface area contributed by atoms with Gasteiger partial charge in [-0.2, -0.15) is 0 Å². The highest BCUT2D eigenvalue weighted by atomic mass is 15.1. The Morgan fingerprint density at radius 1 is 0.438 bits per heavy atom. The number of benzene rings is 6. The SMILES string of the molecule is C1=c2nc(-c3ccccc3)c(-c3ccc(N(c4ccccc4)c4ccc5c(c4)c4ccccc4n5-c4ccccc4)cc3)nc2=CCC1. The van der Waals surface area contributed by atoms with Gasteiger partial charge in [0, 0.05) is 44.6 Å². The van der Waals surface area contributed by atoms with Gasteiger partial charge in [0.05, 0.1) is 33.1 Å². The van der Waals surface area contributed by atoms with Crippen LogP contribution >= 0.6 is 0 Å². The molecule has 48 heavy (non-hydrogen) atoms. The van der Waals surface area contributed by atoms with Crippen molar-refractivity contribution < 1.29 is 0 Å². The summed E-state index contributed by atoms with van der Waals surface area (Å²) in [5, 5.41) is 4.39. The maximum atomic E-state index is 5.18. The zero-order valence-corrected chi connectivity index (χ0v) is 26.4. The zero-order valence-electron chi connectivity index (χ0n) is 26.4. The van der Waals surface area contributed by atoms with E-state index in [-0.39, 0.29) is 0 Å². The first-order valence-corrected chi connectivity index (χ1v) is 16.5. The second-order valence-corrected chi connectivity index (χ2v) is 12.2. The Hall–Kier alpha value is -6.26. The van der Waals surface area contributed by atoms with Gasteiger partial charge in [0.25, 0.3) is 0 Å². The molecule has 8 aromatic rings. The van der Waals surface area contributed by atoms with Gasteiger partial charge in [0.1, 0.15) is 0 Å². The van der Waals surface area contributed by atoms with Gasteiger partial charge in [-0.25, -0.2) is 9.97 Å². The van der Waals surface area contributed by atoms with Crippen molar-refractivity contribution in [2.45, 2.75) is 12.8 Å². The number of hydrogen-bond acceptors (Lipinski definition) is 3. The first kappa shape index (κ1) is 28.0. The smallest absolute Gasteiger partial charge is 0.0972 e. The molecule has 0 amide bonds. The molecule has 4 nitrogen and oxygen atoms in total. The lowest BCUT2D eigenvalue weighted by Crippen LogP contribution is -2.34. The standard InChI is InChI=1S/C44H32N4/c1-4-14-31(15-5-1)43-44(46-40-22-12-11-21-39(40)45-43)32-24-26-35(27-25-32)47(33-16-6-2-7-17-33)36-28-29-42-38(30-36)37-20-10-13-23-41(37)48(42)34-18-8-3-9-19-34/h1-10,13-30H,11-12H2. The number of aromatic nitrogens is 3. The van der Waals surface area contributed by atoms with Crippen LogP contribution in [-0.4, -0.2) is 14.5 Å². The van der Waals surface area contributed by atoms with Crippen molar-refractivity contribution in [1.82, 2.24) is 14.5 Å². The lowest BCUT2D eigenvalue weighted by Gasteiger charge is -2.26. The maximum absolute atomic E-state index is 5.18. The third-order valence-electron chi connectivity index (χ3n) is 9.18. The molecule has 1 aliphatic rings. The number of rotatable bonds is 6. The molecule has 1 aliphatic carbocycles. The lowest BCUT2D eigenvalue weighted by molar-refractivity contribution is 1.03. The molecule has 0 bridgehead atoms. The summed E-state index contributed by atoms with van der Waals surface area (Å²) >= 11 is 0. The molecule has 0 saturated carbocycles. The van der Waals surface area contributed by atoms with E-state index in [4.69, 9.17) is 9.97 Å².